The van der Waals surface area contributed by atoms with E-state index in [1.807, 2.05) is 35.0 Å². The summed E-state index contributed by atoms with van der Waals surface area (Å²) in [5, 5.41) is 13.8. The standard InChI is InChI=1S/C36H40N8O4.H2S/c1-22-18-41(25-20-48-21-25)8-9-42(22)24-4-5-33(39-16-24)40-29-13-28(38-17-32(29)46)26-6-7-37-34(27(26)19-45)44-11-10-43-30(35(44)47)12-23-14-36(2,3)15-31(23)43;/h4-7,10-13,16,22,25,45H,8-9,14-15,17-21H2,1-3H3,(H,39,40);1H2/t22-;/m0./s1. The lowest BCUT2D eigenvalue weighted by atomic mass is 9.90. The molecule has 1 aliphatic carbocycles. The molecule has 0 amide bonds. The van der Waals surface area contributed by atoms with E-state index in [1.165, 1.54) is 15.8 Å². The molecule has 4 aromatic rings. The van der Waals surface area contributed by atoms with Gasteiger partial charge in [-0.3, -0.25) is 24.0 Å². The van der Waals surface area contributed by atoms with Crippen molar-refractivity contribution >= 4 is 42.0 Å². The van der Waals surface area contributed by atoms with E-state index in [0.29, 0.717) is 51.8 Å². The highest BCUT2D eigenvalue weighted by Gasteiger charge is 2.33. The van der Waals surface area contributed by atoms with Gasteiger partial charge >= 0.3 is 0 Å². The molecule has 8 rings (SSSR count). The number of dihydropyridines is 1. The first kappa shape index (κ1) is 33.2. The monoisotopic (exact) mass is 682 g/mol. The highest BCUT2D eigenvalue weighted by atomic mass is 32.1. The lowest BCUT2D eigenvalue weighted by Crippen LogP contribution is -2.59. The van der Waals surface area contributed by atoms with Crippen LogP contribution in [0.15, 0.2) is 70.6 Å². The molecule has 1 atom stereocenters. The van der Waals surface area contributed by atoms with Crippen LogP contribution in [0.4, 0.5) is 11.5 Å². The molecule has 4 aromatic heterocycles. The summed E-state index contributed by atoms with van der Waals surface area (Å²) in [4.78, 5) is 45.3. The molecular formula is C36H42N8O4S. The Balaban J connectivity index is 0.00000378. The van der Waals surface area contributed by atoms with Crippen LogP contribution in [0.1, 0.15) is 43.2 Å². The summed E-state index contributed by atoms with van der Waals surface area (Å²) in [5.41, 5.74) is 5.89. The molecule has 2 saturated heterocycles. The zero-order valence-electron chi connectivity index (χ0n) is 28.0. The fourth-order valence-corrected chi connectivity index (χ4v) is 7.59. The van der Waals surface area contributed by atoms with Crippen molar-refractivity contribution in [1.82, 2.24) is 23.8 Å². The molecule has 256 valence electrons. The van der Waals surface area contributed by atoms with Crippen LogP contribution < -0.4 is 15.8 Å². The van der Waals surface area contributed by atoms with Gasteiger partial charge in [0.15, 0.2) is 5.78 Å². The number of aliphatic hydroxyl groups is 1. The fourth-order valence-electron chi connectivity index (χ4n) is 7.59. The van der Waals surface area contributed by atoms with Crippen molar-refractivity contribution in [1.29, 1.82) is 0 Å². The van der Waals surface area contributed by atoms with Crippen LogP contribution in [-0.2, 0) is 29.0 Å². The number of aromatic nitrogens is 4. The second-order valence-corrected chi connectivity index (χ2v) is 14.1. The molecule has 0 aromatic carbocycles. The number of rotatable bonds is 7. The smallest absolute Gasteiger partial charge is 0.280 e. The predicted molar refractivity (Wildman–Crippen MR) is 194 cm³/mol. The number of hydrogen-bond donors (Lipinski definition) is 2. The minimum Gasteiger partial charge on any atom is -0.392 e. The van der Waals surface area contributed by atoms with E-state index >= 15 is 0 Å². The van der Waals surface area contributed by atoms with Gasteiger partial charge in [-0.25, -0.2) is 9.97 Å². The molecule has 12 nitrogen and oxygen atoms in total. The number of carbonyl (C=O) groups is 1. The van der Waals surface area contributed by atoms with Gasteiger partial charge in [0.05, 0.1) is 49.2 Å². The van der Waals surface area contributed by atoms with Crippen molar-refractivity contribution in [3.8, 4) is 5.82 Å². The Morgan fingerprint density at radius 2 is 1.92 bits per heavy atom. The summed E-state index contributed by atoms with van der Waals surface area (Å²) in [6.07, 6.45) is 10.6. The van der Waals surface area contributed by atoms with Gasteiger partial charge in [-0.2, -0.15) is 13.5 Å². The molecule has 2 fully saturated rings. The molecule has 0 unspecified atom stereocenters. The zero-order chi connectivity index (χ0) is 33.2. The number of ether oxygens (including phenoxy) is 1. The normalized spacial score (nSPS) is 20.8. The highest BCUT2D eigenvalue weighted by molar-refractivity contribution is 7.59. The number of aliphatic imine (C=N–C) groups is 1. The molecule has 2 N–H and O–H groups in total. The third-order valence-corrected chi connectivity index (χ3v) is 10.2. The minimum atomic E-state index is -0.366. The number of hydrogen-bond acceptors (Lipinski definition) is 10. The van der Waals surface area contributed by atoms with E-state index in [9.17, 15) is 14.7 Å². The van der Waals surface area contributed by atoms with Crippen molar-refractivity contribution in [2.45, 2.75) is 52.3 Å². The van der Waals surface area contributed by atoms with Crippen LogP contribution in [0, 0.1) is 5.41 Å². The number of allylic oxidation sites excluding steroid dienone is 1. The van der Waals surface area contributed by atoms with Gasteiger partial charge in [0, 0.05) is 61.1 Å². The Hall–Kier alpha value is -4.30. The van der Waals surface area contributed by atoms with Crippen LogP contribution in [0.2, 0.25) is 0 Å². The van der Waals surface area contributed by atoms with Crippen LogP contribution in [0.5, 0.6) is 0 Å². The Bertz CT molecular complexity index is 2050. The maximum Gasteiger partial charge on any atom is 0.280 e. The van der Waals surface area contributed by atoms with Gasteiger partial charge < -0.3 is 24.5 Å². The number of aliphatic hydroxyl groups excluding tert-OH is 1. The van der Waals surface area contributed by atoms with Crippen LogP contribution in [-0.4, -0.2) is 91.9 Å². The summed E-state index contributed by atoms with van der Waals surface area (Å²) in [6.45, 7) is 10.8. The largest absolute Gasteiger partial charge is 0.392 e. The first-order valence-corrected chi connectivity index (χ1v) is 16.6. The third kappa shape index (κ3) is 5.98. The number of piperazine rings is 1. The first-order valence-electron chi connectivity index (χ1n) is 16.6. The average molecular weight is 683 g/mol. The van der Waals surface area contributed by atoms with Crippen molar-refractivity contribution in [2.75, 3.05) is 49.6 Å². The summed E-state index contributed by atoms with van der Waals surface area (Å²) in [6, 6.07) is 8.54. The van der Waals surface area contributed by atoms with Gasteiger partial charge in [-0.1, -0.05) is 13.8 Å². The van der Waals surface area contributed by atoms with Crippen molar-refractivity contribution in [3.05, 3.63) is 93.6 Å². The second kappa shape index (κ2) is 12.9. The Morgan fingerprint density at radius 3 is 2.63 bits per heavy atom. The molecule has 0 spiro atoms. The van der Waals surface area contributed by atoms with Gasteiger partial charge in [0.1, 0.15) is 23.7 Å². The molecule has 7 heterocycles. The molecule has 13 heteroatoms. The highest BCUT2D eigenvalue weighted by Crippen LogP contribution is 2.37. The van der Waals surface area contributed by atoms with E-state index in [2.05, 4.69) is 50.8 Å². The zero-order valence-corrected chi connectivity index (χ0v) is 29.0. The Morgan fingerprint density at radius 1 is 1.08 bits per heavy atom. The number of anilines is 2. The third-order valence-electron chi connectivity index (χ3n) is 10.2. The lowest BCUT2D eigenvalue weighted by molar-refractivity contribution is -0.114. The van der Waals surface area contributed by atoms with Crippen LogP contribution >= 0.6 is 13.5 Å². The number of fused-ring (bicyclic) bond motifs is 3. The lowest BCUT2D eigenvalue weighted by Gasteiger charge is -2.46. The van der Waals surface area contributed by atoms with E-state index in [0.717, 1.165) is 51.4 Å². The number of Topliss-reactive ketones (excluding diaryl/α,β-unsaturated/α-hetero) is 1. The van der Waals surface area contributed by atoms with Crippen molar-refractivity contribution in [2.24, 2.45) is 10.4 Å². The van der Waals surface area contributed by atoms with Gasteiger partial charge in [-0.15, -0.1) is 0 Å². The van der Waals surface area contributed by atoms with Gasteiger partial charge in [0.25, 0.3) is 5.56 Å². The maximum absolute atomic E-state index is 13.8. The fraction of sp³-hybridized carbons (Fsp3) is 0.417. The SMILES string of the molecule is C[C@H]1CN(C2COC2)CCN1c1ccc(NC2=CC(c3ccnc(-n4ccn5c6c(cc5c4=O)CC(C)(C)C6)c3CO)=NCC2=O)nc1.S. The number of nitrogens with one attached hydrogen (secondary N) is 1. The molecule has 0 bridgehead atoms. The summed E-state index contributed by atoms with van der Waals surface area (Å²) in [7, 11) is 0. The Labute approximate surface area is 291 Å². The maximum atomic E-state index is 13.8. The van der Waals surface area contributed by atoms with E-state index in [4.69, 9.17) is 4.74 Å². The molecule has 0 radical (unpaired) electrons. The molecular weight excluding hydrogens is 641 g/mol. The van der Waals surface area contributed by atoms with E-state index in [-0.39, 0.29) is 43.4 Å². The molecule has 49 heavy (non-hydrogen) atoms. The molecule has 4 aliphatic rings. The van der Waals surface area contributed by atoms with Crippen LogP contribution in [0.25, 0.3) is 11.3 Å². The average Bonchev–Trinajstić information content (AvgIpc) is 3.54. The number of pyridine rings is 2. The first-order chi connectivity index (χ1) is 23.2. The summed E-state index contributed by atoms with van der Waals surface area (Å²) >= 11 is 0. The molecule has 3 aliphatic heterocycles. The van der Waals surface area contributed by atoms with Gasteiger partial charge in [-0.05, 0) is 61.1 Å². The summed E-state index contributed by atoms with van der Waals surface area (Å²) < 4.78 is 8.84. The second-order valence-electron chi connectivity index (χ2n) is 14.1. The topological polar surface area (TPSA) is 130 Å². The quantitative estimate of drug-likeness (QED) is 0.302. The van der Waals surface area contributed by atoms with Crippen LogP contribution in [0.3, 0.4) is 0 Å². The Kier molecular flexibility index (Phi) is 8.72. The minimum absolute atomic E-state index is 0. The molecule has 0 saturated carbocycles. The number of ketones is 1. The number of carbonyl (C=O) groups excluding carboxylic acids is 1. The van der Waals surface area contributed by atoms with E-state index in [1.54, 1.807) is 24.5 Å². The predicted octanol–water partition coefficient (Wildman–Crippen LogP) is 2.89. The van der Waals surface area contributed by atoms with Crippen molar-refractivity contribution < 1.29 is 14.6 Å². The van der Waals surface area contributed by atoms with E-state index < -0.39 is 0 Å². The number of nitrogens with zero attached hydrogens (tertiary/aromatic N) is 7. The van der Waals surface area contributed by atoms with Gasteiger partial charge in [0.2, 0.25) is 0 Å². The van der Waals surface area contributed by atoms with Crippen molar-refractivity contribution in [3.63, 3.8) is 0 Å². The summed E-state index contributed by atoms with van der Waals surface area (Å²) in [5.74, 6) is 0.720.